The predicted octanol–water partition coefficient (Wildman–Crippen LogP) is 7.12. The first-order valence-corrected chi connectivity index (χ1v) is 23.6. The number of ether oxygens (including phenoxy) is 2. The third kappa shape index (κ3) is 9.96. The van der Waals surface area contributed by atoms with Crippen molar-refractivity contribution in [1.29, 1.82) is 0 Å². The molecule has 17 heteroatoms. The molecule has 5 aliphatic rings. The molecule has 0 spiro atoms. The summed E-state index contributed by atoms with van der Waals surface area (Å²) in [5.41, 5.74) is 2.70. The van der Waals surface area contributed by atoms with E-state index in [9.17, 15) is 13.2 Å². The molecule has 13 nitrogen and oxygen atoms in total. The van der Waals surface area contributed by atoms with Gasteiger partial charge in [-0.15, -0.1) is 12.4 Å². The van der Waals surface area contributed by atoms with Crippen LogP contribution in [-0.2, 0) is 19.6 Å². The number of carbonyl (C=O) groups excluding carboxylic acids is 2. The largest absolute Gasteiger partial charge is 0.493 e. The number of carbonyl (C=O) groups is 2. The summed E-state index contributed by atoms with van der Waals surface area (Å²) in [7, 11) is -3.95. The molecule has 0 N–H and O–H groups in total. The van der Waals surface area contributed by atoms with Crippen molar-refractivity contribution in [2.75, 3.05) is 96.7 Å². The SMILES string of the molecule is CCOc1cc(N2CCCCC2)c(S(=O)(=O)N2CCCCC2)cc1C1=N[C@@H](c2ccc(Cl)cc2)[C@@H](c2ccc(Cl)cc2)N1C(=O)N1CCN(CC(=O)N2CCOCC2)CC1.Cl. The minimum Gasteiger partial charge on any atom is -0.493 e. The zero-order chi connectivity index (χ0) is 41.8. The lowest BCUT2D eigenvalue weighted by Crippen LogP contribution is -2.56. The van der Waals surface area contributed by atoms with Crippen LogP contribution in [0.4, 0.5) is 10.5 Å². The first-order valence-electron chi connectivity index (χ1n) is 21.4. The average molecular weight is 917 g/mol. The van der Waals surface area contributed by atoms with Crippen LogP contribution < -0.4 is 9.64 Å². The highest BCUT2D eigenvalue weighted by atomic mass is 35.5. The number of anilines is 1. The number of morpholine rings is 1. The van der Waals surface area contributed by atoms with Crippen LogP contribution in [0, 0.1) is 0 Å². The quantitative estimate of drug-likeness (QED) is 0.211. The topological polar surface area (TPSA) is 119 Å². The maximum atomic E-state index is 15.4. The molecular weight excluding hydrogens is 861 g/mol. The van der Waals surface area contributed by atoms with Crippen LogP contribution in [0.15, 0.2) is 70.6 Å². The monoisotopic (exact) mass is 915 g/mol. The second-order valence-corrected chi connectivity index (χ2v) is 18.9. The number of hydrogen-bond donors (Lipinski definition) is 0. The highest BCUT2D eigenvalue weighted by molar-refractivity contribution is 7.89. The Labute approximate surface area is 376 Å². The standard InChI is InChI=1S/C44H55Cl2N7O6S.ClH/c1-2-59-38-30-37(49-17-5-3-6-18-49)39(60(56,57)52-19-7-4-8-20-52)29-36(38)43-47-41(32-9-13-34(45)14-10-32)42(33-11-15-35(46)16-12-33)53(43)44(55)51-23-21-48(22-24-51)31-40(54)50-25-27-58-28-26-50;/h9-16,29-30,41-42H,2-8,17-28,31H2,1H3;1H/t41-,42+;/m0./s1. The zero-order valence-electron chi connectivity index (χ0n) is 34.7. The minimum absolute atomic E-state index is 0. The van der Waals surface area contributed by atoms with Crippen molar-refractivity contribution in [1.82, 2.24) is 23.9 Å². The van der Waals surface area contributed by atoms with Gasteiger partial charge in [0.2, 0.25) is 15.9 Å². The van der Waals surface area contributed by atoms with Gasteiger partial charge < -0.3 is 24.2 Å². The van der Waals surface area contributed by atoms with E-state index >= 15 is 4.79 Å². The first-order chi connectivity index (χ1) is 29.1. The normalized spacial score (nSPS) is 21.9. The van der Waals surface area contributed by atoms with Crippen LogP contribution in [-0.4, -0.2) is 142 Å². The minimum atomic E-state index is -3.95. The molecule has 8 rings (SSSR count). The lowest BCUT2D eigenvalue weighted by molar-refractivity contribution is -0.136. The summed E-state index contributed by atoms with van der Waals surface area (Å²) in [6.07, 6.45) is 5.61. The van der Waals surface area contributed by atoms with Gasteiger partial charge in [-0.2, -0.15) is 4.31 Å². The number of hydrogen-bond acceptors (Lipinski definition) is 9. The van der Waals surface area contributed by atoms with Crippen molar-refractivity contribution in [3.05, 3.63) is 87.4 Å². The number of halogens is 3. The summed E-state index contributed by atoms with van der Waals surface area (Å²) in [4.78, 5) is 43.8. The fourth-order valence-electron chi connectivity index (χ4n) is 9.04. The van der Waals surface area contributed by atoms with Crippen molar-refractivity contribution in [3.8, 4) is 5.75 Å². The Morgan fingerprint density at radius 2 is 1.34 bits per heavy atom. The average Bonchev–Trinajstić information content (AvgIpc) is 3.68. The molecule has 0 radical (unpaired) electrons. The lowest BCUT2D eigenvalue weighted by Gasteiger charge is -2.39. The molecule has 3 aromatic rings. The van der Waals surface area contributed by atoms with Crippen molar-refractivity contribution in [2.45, 2.75) is 62.4 Å². The van der Waals surface area contributed by atoms with Crippen molar-refractivity contribution < 1.29 is 27.5 Å². The molecule has 4 saturated heterocycles. The van der Waals surface area contributed by atoms with Crippen molar-refractivity contribution >= 4 is 69.1 Å². The van der Waals surface area contributed by atoms with Gasteiger partial charge in [-0.25, -0.2) is 13.2 Å². The van der Waals surface area contributed by atoms with Gasteiger partial charge in [0.05, 0.1) is 43.7 Å². The highest BCUT2D eigenvalue weighted by Gasteiger charge is 2.46. The maximum absolute atomic E-state index is 15.4. The van der Waals surface area contributed by atoms with Crippen LogP contribution in [0.2, 0.25) is 10.0 Å². The van der Waals surface area contributed by atoms with Gasteiger partial charge in [0.15, 0.2) is 0 Å². The number of aliphatic imine (C=N–C) groups is 1. The van der Waals surface area contributed by atoms with Gasteiger partial charge in [-0.1, -0.05) is 53.9 Å². The second-order valence-electron chi connectivity index (χ2n) is 16.1. The number of urea groups is 1. The summed E-state index contributed by atoms with van der Waals surface area (Å²) < 4.78 is 43.2. The molecule has 2 atom stereocenters. The molecule has 4 fully saturated rings. The summed E-state index contributed by atoms with van der Waals surface area (Å²) in [5, 5.41) is 1.13. The highest BCUT2D eigenvalue weighted by Crippen LogP contribution is 2.47. The van der Waals surface area contributed by atoms with Gasteiger partial charge >= 0.3 is 6.03 Å². The molecule has 0 aliphatic carbocycles. The van der Waals surface area contributed by atoms with E-state index in [1.54, 1.807) is 15.3 Å². The number of amides is 3. The van der Waals surface area contributed by atoms with Gasteiger partial charge in [0.25, 0.3) is 0 Å². The molecular formula is C44H56Cl3N7O6S. The smallest absolute Gasteiger partial charge is 0.326 e. The van der Waals surface area contributed by atoms with E-state index in [4.69, 9.17) is 37.7 Å². The first kappa shape index (κ1) is 45.4. The zero-order valence-corrected chi connectivity index (χ0v) is 37.9. The molecule has 0 aromatic heterocycles. The molecule has 0 unspecified atom stereocenters. The molecule has 330 valence electrons. The molecule has 3 amide bonds. The number of nitrogens with zero attached hydrogens (tertiary/aromatic N) is 7. The van der Waals surface area contributed by atoms with E-state index in [1.165, 1.54) is 0 Å². The summed E-state index contributed by atoms with van der Waals surface area (Å²) >= 11 is 12.8. The Hall–Kier alpha value is -3.63. The van der Waals surface area contributed by atoms with E-state index in [0.717, 1.165) is 62.7 Å². The van der Waals surface area contributed by atoms with E-state index in [0.29, 0.717) is 105 Å². The van der Waals surface area contributed by atoms with Crippen LogP contribution in [0.3, 0.4) is 0 Å². The number of amidine groups is 1. The Morgan fingerprint density at radius 1 is 0.754 bits per heavy atom. The Balaban J connectivity index is 0.00000561. The second kappa shape index (κ2) is 20.3. The fourth-order valence-corrected chi connectivity index (χ4v) is 11.0. The Bertz CT molecular complexity index is 2140. The number of sulfonamides is 1. The molecule has 61 heavy (non-hydrogen) atoms. The third-order valence-corrected chi connectivity index (χ3v) is 14.7. The van der Waals surface area contributed by atoms with Crippen molar-refractivity contribution in [3.63, 3.8) is 0 Å². The van der Waals surface area contributed by atoms with Gasteiger partial charge in [-0.3, -0.25) is 19.6 Å². The molecule has 3 aromatic carbocycles. The number of rotatable bonds is 10. The summed E-state index contributed by atoms with van der Waals surface area (Å²) in [5.74, 6) is 0.853. The number of benzene rings is 3. The van der Waals surface area contributed by atoms with Gasteiger partial charge in [-0.05, 0) is 80.5 Å². The van der Waals surface area contributed by atoms with E-state index in [-0.39, 0.29) is 35.8 Å². The summed E-state index contributed by atoms with van der Waals surface area (Å²) in [6, 6.07) is 17.0. The maximum Gasteiger partial charge on any atom is 0.326 e. The van der Waals surface area contributed by atoms with Crippen molar-refractivity contribution in [2.24, 2.45) is 4.99 Å². The fraction of sp³-hybridized carbons (Fsp3) is 0.523. The Morgan fingerprint density at radius 3 is 1.95 bits per heavy atom. The molecule has 0 saturated carbocycles. The van der Waals surface area contributed by atoms with Crippen LogP contribution in [0.1, 0.15) is 74.2 Å². The summed E-state index contributed by atoms with van der Waals surface area (Å²) in [6.45, 7) is 8.93. The molecule has 0 bridgehead atoms. The molecule has 5 aliphatic heterocycles. The van der Waals surface area contributed by atoms with Crippen LogP contribution in [0.5, 0.6) is 5.75 Å². The third-order valence-electron chi connectivity index (χ3n) is 12.3. The van der Waals surface area contributed by atoms with Crippen LogP contribution in [0.25, 0.3) is 0 Å². The molecule has 5 heterocycles. The van der Waals surface area contributed by atoms with E-state index in [2.05, 4.69) is 9.80 Å². The van der Waals surface area contributed by atoms with E-state index < -0.39 is 22.1 Å². The van der Waals surface area contributed by atoms with E-state index in [1.807, 2.05) is 71.3 Å². The lowest BCUT2D eigenvalue weighted by atomic mass is 9.93. The van der Waals surface area contributed by atoms with Crippen LogP contribution >= 0.6 is 35.6 Å². The Kier molecular flexibility index (Phi) is 15.1. The number of piperidine rings is 2. The predicted molar refractivity (Wildman–Crippen MR) is 241 cm³/mol. The van der Waals surface area contributed by atoms with Gasteiger partial charge in [0.1, 0.15) is 22.5 Å². The van der Waals surface area contributed by atoms with Gasteiger partial charge in [0, 0.05) is 81.6 Å². The number of piperazine rings is 1.